The van der Waals surface area contributed by atoms with Gasteiger partial charge in [0.2, 0.25) is 10.0 Å². The second-order valence-corrected chi connectivity index (χ2v) is 9.02. The van der Waals surface area contributed by atoms with E-state index in [0.29, 0.717) is 30.5 Å². The van der Waals surface area contributed by atoms with E-state index < -0.39 is 10.0 Å². The standard InChI is InChI=1S/C17H27NO4S/c1-13-8-9-18(12-17(2,3)11-13)23(19,20)16-10-14(21-4)6-7-15(16)22-5/h6-7,10,13H,8-9,11-12H2,1-5H3. The van der Waals surface area contributed by atoms with E-state index in [2.05, 4.69) is 20.8 Å². The topological polar surface area (TPSA) is 55.8 Å². The zero-order chi connectivity index (χ0) is 17.3. The van der Waals surface area contributed by atoms with E-state index in [1.165, 1.54) is 20.3 Å². The summed E-state index contributed by atoms with van der Waals surface area (Å²) in [7, 11) is -0.623. The lowest BCUT2D eigenvalue weighted by Crippen LogP contribution is -2.37. The van der Waals surface area contributed by atoms with Crippen molar-refractivity contribution in [1.29, 1.82) is 0 Å². The first-order chi connectivity index (χ1) is 10.7. The number of rotatable bonds is 4. The molecule has 1 atom stereocenters. The first-order valence-electron chi connectivity index (χ1n) is 7.92. The first kappa shape index (κ1) is 18.1. The largest absolute Gasteiger partial charge is 0.497 e. The third-order valence-corrected chi connectivity index (χ3v) is 6.23. The molecule has 1 fully saturated rings. The van der Waals surface area contributed by atoms with Crippen LogP contribution >= 0.6 is 0 Å². The van der Waals surface area contributed by atoms with Crippen molar-refractivity contribution < 1.29 is 17.9 Å². The van der Waals surface area contributed by atoms with Crippen LogP contribution in [0.3, 0.4) is 0 Å². The van der Waals surface area contributed by atoms with E-state index in [-0.39, 0.29) is 10.3 Å². The summed E-state index contributed by atoms with van der Waals surface area (Å²) in [5.74, 6) is 1.37. The van der Waals surface area contributed by atoms with E-state index in [1.54, 1.807) is 16.4 Å². The molecule has 0 spiro atoms. The third kappa shape index (κ3) is 3.98. The fourth-order valence-electron chi connectivity index (χ4n) is 3.36. The highest BCUT2D eigenvalue weighted by Gasteiger charge is 2.36. The fourth-order valence-corrected chi connectivity index (χ4v) is 5.17. The van der Waals surface area contributed by atoms with Crippen LogP contribution in [0.2, 0.25) is 0 Å². The van der Waals surface area contributed by atoms with Crippen molar-refractivity contribution in [1.82, 2.24) is 4.31 Å². The molecule has 1 aromatic rings. The van der Waals surface area contributed by atoms with Crippen LogP contribution < -0.4 is 9.47 Å². The summed E-state index contributed by atoms with van der Waals surface area (Å²) in [6.45, 7) is 7.48. The van der Waals surface area contributed by atoms with Gasteiger partial charge >= 0.3 is 0 Å². The molecule has 1 aliphatic rings. The van der Waals surface area contributed by atoms with Gasteiger partial charge in [-0.15, -0.1) is 0 Å². The van der Waals surface area contributed by atoms with E-state index in [4.69, 9.17) is 9.47 Å². The van der Waals surface area contributed by atoms with E-state index in [9.17, 15) is 8.42 Å². The molecule has 1 unspecified atom stereocenters. The SMILES string of the molecule is COc1ccc(OC)c(S(=O)(=O)N2CCC(C)CC(C)(C)C2)c1. The van der Waals surface area contributed by atoms with Gasteiger partial charge in [0.25, 0.3) is 0 Å². The van der Waals surface area contributed by atoms with Gasteiger partial charge in [0.15, 0.2) is 0 Å². The van der Waals surface area contributed by atoms with Crippen LogP contribution in [0.1, 0.15) is 33.6 Å². The number of benzene rings is 1. The van der Waals surface area contributed by atoms with Crippen molar-refractivity contribution >= 4 is 10.0 Å². The molecule has 0 bridgehead atoms. The lowest BCUT2D eigenvalue weighted by atomic mass is 9.84. The monoisotopic (exact) mass is 341 g/mol. The molecule has 130 valence electrons. The lowest BCUT2D eigenvalue weighted by molar-refractivity contribution is 0.257. The zero-order valence-corrected chi connectivity index (χ0v) is 15.4. The van der Waals surface area contributed by atoms with Crippen LogP contribution in [-0.4, -0.2) is 40.0 Å². The van der Waals surface area contributed by atoms with Crippen LogP contribution in [-0.2, 0) is 10.0 Å². The summed E-state index contributed by atoms with van der Waals surface area (Å²) >= 11 is 0. The van der Waals surface area contributed by atoms with Gasteiger partial charge in [-0.3, -0.25) is 0 Å². The Hall–Kier alpha value is -1.27. The number of nitrogens with zero attached hydrogens (tertiary/aromatic N) is 1. The highest BCUT2D eigenvalue weighted by atomic mass is 32.2. The molecule has 0 aliphatic carbocycles. The van der Waals surface area contributed by atoms with Gasteiger partial charge in [-0.2, -0.15) is 4.31 Å². The van der Waals surface area contributed by atoms with Gasteiger partial charge in [0.05, 0.1) is 14.2 Å². The van der Waals surface area contributed by atoms with Crippen molar-refractivity contribution in [3.63, 3.8) is 0 Å². The average Bonchev–Trinajstić information content (AvgIpc) is 2.63. The van der Waals surface area contributed by atoms with Gasteiger partial charge in [-0.1, -0.05) is 20.8 Å². The molecule has 0 aromatic heterocycles. The Labute approximate surface area is 139 Å². The number of hydrogen-bond acceptors (Lipinski definition) is 4. The fraction of sp³-hybridized carbons (Fsp3) is 0.647. The molecule has 1 saturated heterocycles. The molecule has 5 nitrogen and oxygen atoms in total. The van der Waals surface area contributed by atoms with Crippen LogP contribution in [0, 0.1) is 11.3 Å². The molecule has 0 radical (unpaired) electrons. The molecule has 2 rings (SSSR count). The molecule has 0 amide bonds. The van der Waals surface area contributed by atoms with Gasteiger partial charge in [-0.05, 0) is 36.3 Å². The minimum Gasteiger partial charge on any atom is -0.497 e. The van der Waals surface area contributed by atoms with Crippen molar-refractivity contribution in [2.24, 2.45) is 11.3 Å². The minimum atomic E-state index is -3.63. The van der Waals surface area contributed by atoms with Crippen LogP contribution in [0.15, 0.2) is 23.1 Å². The number of ether oxygens (including phenoxy) is 2. The Bertz CT molecular complexity index is 655. The Morgan fingerprint density at radius 1 is 1.22 bits per heavy atom. The minimum absolute atomic E-state index is 0.0465. The van der Waals surface area contributed by atoms with Crippen LogP contribution in [0.25, 0.3) is 0 Å². The quantitative estimate of drug-likeness (QED) is 0.844. The van der Waals surface area contributed by atoms with E-state index in [0.717, 1.165) is 12.8 Å². The molecule has 6 heteroatoms. The normalized spacial score (nSPS) is 22.4. The second-order valence-electron chi connectivity index (χ2n) is 7.12. The van der Waals surface area contributed by atoms with Crippen molar-refractivity contribution in [3.05, 3.63) is 18.2 Å². The second kappa shape index (κ2) is 6.69. The predicted molar refractivity (Wildman–Crippen MR) is 90.5 cm³/mol. The molecule has 0 N–H and O–H groups in total. The van der Waals surface area contributed by atoms with Gasteiger partial charge < -0.3 is 9.47 Å². The Morgan fingerprint density at radius 3 is 2.52 bits per heavy atom. The van der Waals surface area contributed by atoms with Crippen molar-refractivity contribution in [2.45, 2.75) is 38.5 Å². The number of methoxy groups -OCH3 is 2. The van der Waals surface area contributed by atoms with E-state index >= 15 is 0 Å². The lowest BCUT2D eigenvalue weighted by Gasteiger charge is -2.29. The van der Waals surface area contributed by atoms with Crippen LogP contribution in [0.5, 0.6) is 11.5 Å². The van der Waals surface area contributed by atoms with Crippen molar-refractivity contribution in [3.8, 4) is 11.5 Å². The zero-order valence-electron chi connectivity index (χ0n) is 14.6. The average molecular weight is 341 g/mol. The highest BCUT2D eigenvalue weighted by molar-refractivity contribution is 7.89. The summed E-state index contributed by atoms with van der Waals surface area (Å²) < 4.78 is 38.4. The molecule has 1 heterocycles. The molecule has 1 aliphatic heterocycles. The summed E-state index contributed by atoms with van der Waals surface area (Å²) in [6.07, 6.45) is 1.89. The Morgan fingerprint density at radius 2 is 1.91 bits per heavy atom. The van der Waals surface area contributed by atoms with E-state index in [1.807, 2.05) is 0 Å². The third-order valence-electron chi connectivity index (χ3n) is 4.37. The number of sulfonamides is 1. The molecular weight excluding hydrogens is 314 g/mol. The molecule has 23 heavy (non-hydrogen) atoms. The predicted octanol–water partition coefficient (Wildman–Crippen LogP) is 3.15. The summed E-state index contributed by atoms with van der Waals surface area (Å²) in [6, 6.07) is 4.87. The number of hydrogen-bond donors (Lipinski definition) is 0. The van der Waals surface area contributed by atoms with Gasteiger partial charge in [-0.25, -0.2) is 8.42 Å². The van der Waals surface area contributed by atoms with Gasteiger partial charge in [0, 0.05) is 19.2 Å². The maximum absolute atomic E-state index is 13.2. The molecule has 1 aromatic carbocycles. The molecular formula is C17H27NO4S. The Kier molecular flexibility index (Phi) is 5.26. The first-order valence-corrected chi connectivity index (χ1v) is 9.36. The maximum atomic E-state index is 13.2. The summed E-state index contributed by atoms with van der Waals surface area (Å²) in [5.41, 5.74) is -0.0465. The summed E-state index contributed by atoms with van der Waals surface area (Å²) in [4.78, 5) is 0.171. The maximum Gasteiger partial charge on any atom is 0.246 e. The summed E-state index contributed by atoms with van der Waals surface area (Å²) in [5, 5.41) is 0. The smallest absolute Gasteiger partial charge is 0.246 e. The van der Waals surface area contributed by atoms with Crippen molar-refractivity contribution in [2.75, 3.05) is 27.3 Å². The Balaban J connectivity index is 2.45. The van der Waals surface area contributed by atoms with Crippen LogP contribution in [0.4, 0.5) is 0 Å². The molecule has 0 saturated carbocycles. The van der Waals surface area contributed by atoms with Gasteiger partial charge in [0.1, 0.15) is 16.4 Å². The highest BCUT2D eigenvalue weighted by Crippen LogP contribution is 2.36.